The molecule has 0 aromatic rings. The van der Waals surface area contributed by atoms with Crippen molar-refractivity contribution < 1.29 is 73.8 Å². The van der Waals surface area contributed by atoms with Crippen LogP contribution in [0.3, 0.4) is 0 Å². The van der Waals surface area contributed by atoms with Gasteiger partial charge in [-0.3, -0.25) is 9.59 Å². The van der Waals surface area contributed by atoms with Crippen molar-refractivity contribution in [3.63, 3.8) is 0 Å². The van der Waals surface area contributed by atoms with Crippen molar-refractivity contribution in [3.05, 3.63) is 109 Å². The topological polar surface area (TPSA) is 231 Å². The first-order valence-corrected chi connectivity index (χ1v) is 23.5. The summed E-state index contributed by atoms with van der Waals surface area (Å²) in [6.45, 7) is 2.16. The first-order valence-electron chi connectivity index (χ1n) is 23.5. The monoisotopic (exact) mass is 931 g/mol. The van der Waals surface area contributed by atoms with Crippen molar-refractivity contribution in [1.82, 2.24) is 0 Å². The minimum atomic E-state index is -1.79. The van der Waals surface area contributed by atoms with Crippen molar-refractivity contribution in [2.45, 2.75) is 171 Å². The Bertz CT molecular complexity index is 1560. The van der Waals surface area contributed by atoms with Crippen molar-refractivity contribution in [3.8, 4) is 0 Å². The van der Waals surface area contributed by atoms with E-state index < -0.39 is 99.3 Å². The number of carbonyl (C=O) groups excluding carboxylic acids is 2. The van der Waals surface area contributed by atoms with E-state index in [4.69, 9.17) is 28.4 Å². The Labute approximate surface area is 391 Å². The molecule has 0 bridgehead atoms. The molecular formula is C51H78O15. The Hall–Kier alpha value is -3.84. The van der Waals surface area contributed by atoms with Gasteiger partial charge in [-0.1, -0.05) is 123 Å². The fourth-order valence-corrected chi connectivity index (χ4v) is 6.45. The highest BCUT2D eigenvalue weighted by atomic mass is 16.7. The molecule has 2 fully saturated rings. The van der Waals surface area contributed by atoms with E-state index >= 15 is 0 Å². The Morgan fingerprint density at radius 2 is 0.939 bits per heavy atom. The maximum Gasteiger partial charge on any atom is 0.309 e. The molecule has 11 atom stereocenters. The summed E-state index contributed by atoms with van der Waals surface area (Å²) in [6.07, 6.45) is 30.2. The largest absolute Gasteiger partial charge is 0.461 e. The van der Waals surface area contributed by atoms with Gasteiger partial charge in [-0.25, -0.2) is 0 Å². The first-order chi connectivity index (χ1) is 32.0. The molecule has 15 heteroatoms. The summed E-state index contributed by atoms with van der Waals surface area (Å²) in [5.41, 5.74) is 0. The predicted molar refractivity (Wildman–Crippen MR) is 251 cm³/mol. The van der Waals surface area contributed by atoms with E-state index in [0.717, 1.165) is 64.2 Å². The number of carbonyl (C=O) groups is 2. The Balaban J connectivity index is 1.91. The fraction of sp³-hybridized carbons (Fsp3) is 0.608. The molecule has 2 aliphatic heterocycles. The molecular weight excluding hydrogens is 853 g/mol. The van der Waals surface area contributed by atoms with E-state index in [2.05, 4.69) is 98.9 Å². The van der Waals surface area contributed by atoms with Crippen LogP contribution in [0.2, 0.25) is 0 Å². The average molecular weight is 931 g/mol. The standard InChI is InChI=1S/C51H78O15/c1-3-5-7-9-11-13-15-17-19-21-23-25-27-29-31-33-42(53)61-36-39(64-43(54)34-32-30-28-26-24-22-20-18-16-14-12-10-8-6-4-2)37-62-50-49(60)47(58)45(56)41(66-50)38-63-51-48(59)46(57)44(55)40(35-52)65-51/h5-8,11-14,17-20,23-26,29,31,39-41,44-52,55-60H,3-4,9-10,15-16,21-22,27-28,30,32-38H2,1-2H3/b7-5+,8-6+,13-11+,14-12+,19-17+,20-18+,25-23-,26-24+,31-29+/t39-,40-,41-,44+,45+,46+,47+,48-,49-,50-,51+/m1/s1. The lowest BCUT2D eigenvalue weighted by Gasteiger charge is -2.42. The lowest BCUT2D eigenvalue weighted by molar-refractivity contribution is -0.332. The third-order valence-electron chi connectivity index (χ3n) is 10.3. The number of unbranched alkanes of at least 4 members (excludes halogenated alkanes) is 2. The molecule has 0 saturated carbocycles. The third-order valence-corrected chi connectivity index (χ3v) is 10.3. The van der Waals surface area contributed by atoms with Gasteiger partial charge < -0.3 is 64.2 Å². The van der Waals surface area contributed by atoms with Crippen LogP contribution in [0, 0.1) is 0 Å². The normalized spacial score (nSPS) is 27.2. The lowest BCUT2D eigenvalue weighted by Crippen LogP contribution is -2.61. The van der Waals surface area contributed by atoms with Gasteiger partial charge in [0.2, 0.25) is 0 Å². The van der Waals surface area contributed by atoms with E-state index in [1.54, 1.807) is 6.08 Å². The van der Waals surface area contributed by atoms with Crippen molar-refractivity contribution in [2.24, 2.45) is 0 Å². The van der Waals surface area contributed by atoms with E-state index in [-0.39, 0.29) is 19.4 Å². The van der Waals surface area contributed by atoms with Crippen LogP contribution in [-0.4, -0.2) is 142 Å². The van der Waals surface area contributed by atoms with E-state index in [0.29, 0.717) is 12.8 Å². The van der Waals surface area contributed by atoms with Crippen molar-refractivity contribution >= 4 is 11.9 Å². The molecule has 0 aromatic heterocycles. The van der Waals surface area contributed by atoms with Crippen LogP contribution < -0.4 is 0 Å². The zero-order valence-electron chi connectivity index (χ0n) is 38.9. The number of allylic oxidation sites excluding steroid dienone is 17. The van der Waals surface area contributed by atoms with Crippen LogP contribution in [0.25, 0.3) is 0 Å². The summed E-state index contributed by atoms with van der Waals surface area (Å²) in [5, 5.41) is 71.9. The van der Waals surface area contributed by atoms with Gasteiger partial charge in [-0.15, -0.1) is 0 Å². The zero-order chi connectivity index (χ0) is 48.2. The van der Waals surface area contributed by atoms with Crippen molar-refractivity contribution in [2.75, 3.05) is 26.4 Å². The van der Waals surface area contributed by atoms with E-state index in [1.165, 1.54) is 0 Å². The molecule has 0 aromatic carbocycles. The highest BCUT2D eigenvalue weighted by Gasteiger charge is 2.47. The molecule has 0 aliphatic carbocycles. The molecule has 0 radical (unpaired) electrons. The number of hydrogen-bond donors (Lipinski definition) is 7. The second-order valence-corrected chi connectivity index (χ2v) is 15.8. The van der Waals surface area contributed by atoms with Crippen LogP contribution >= 0.6 is 0 Å². The molecule has 7 N–H and O–H groups in total. The van der Waals surface area contributed by atoms with Gasteiger partial charge in [0.1, 0.15) is 55.4 Å². The molecule has 372 valence electrons. The summed E-state index contributed by atoms with van der Waals surface area (Å²) >= 11 is 0. The quantitative estimate of drug-likeness (QED) is 0.0242. The smallest absolute Gasteiger partial charge is 0.309 e. The van der Waals surface area contributed by atoms with Crippen LogP contribution in [0.5, 0.6) is 0 Å². The molecule has 66 heavy (non-hydrogen) atoms. The Kier molecular flexibility index (Phi) is 32.8. The molecule has 2 saturated heterocycles. The highest BCUT2D eigenvalue weighted by Crippen LogP contribution is 2.26. The summed E-state index contributed by atoms with van der Waals surface area (Å²) in [6, 6.07) is 0. The van der Waals surface area contributed by atoms with Gasteiger partial charge in [0.15, 0.2) is 18.7 Å². The molecule has 15 nitrogen and oxygen atoms in total. The lowest BCUT2D eigenvalue weighted by atomic mass is 9.98. The van der Waals surface area contributed by atoms with Crippen molar-refractivity contribution in [1.29, 1.82) is 0 Å². The van der Waals surface area contributed by atoms with Gasteiger partial charge in [0, 0.05) is 6.42 Å². The number of ether oxygens (including phenoxy) is 6. The maximum absolute atomic E-state index is 12.9. The average Bonchev–Trinajstić information content (AvgIpc) is 3.31. The SMILES string of the molecule is CC/C=C/C/C=C/C/C=C/C/C=C\C/C=C/CC(=O)OC[C@H](CO[C@@H]1O[C@H](CO[C@H]2O[C@H](CO)[C@H](O)[C@H](O)[C@H]2O)[C@H](O)[C@H](O)[C@H]1O)OC(=O)CCCC/C=C/C/C=C/C/C=C/C/C=C/CC. The summed E-state index contributed by atoms with van der Waals surface area (Å²) in [7, 11) is 0. The van der Waals surface area contributed by atoms with Gasteiger partial charge in [-0.2, -0.15) is 0 Å². The second-order valence-electron chi connectivity index (χ2n) is 15.8. The molecule has 0 unspecified atom stereocenters. The number of aliphatic hydroxyl groups is 7. The minimum absolute atomic E-state index is 0.0308. The third kappa shape index (κ3) is 25.3. The molecule has 2 heterocycles. The molecule has 0 amide bonds. The Morgan fingerprint density at radius 1 is 0.500 bits per heavy atom. The second kappa shape index (κ2) is 37.2. The summed E-state index contributed by atoms with van der Waals surface area (Å²) < 4.78 is 33.3. The minimum Gasteiger partial charge on any atom is -0.461 e. The maximum atomic E-state index is 12.9. The van der Waals surface area contributed by atoms with Gasteiger partial charge in [0.05, 0.1) is 26.2 Å². The number of rotatable bonds is 33. The van der Waals surface area contributed by atoms with E-state index in [9.17, 15) is 45.3 Å². The van der Waals surface area contributed by atoms with Gasteiger partial charge >= 0.3 is 11.9 Å². The highest BCUT2D eigenvalue weighted by molar-refractivity contribution is 5.71. The zero-order valence-corrected chi connectivity index (χ0v) is 38.9. The number of aliphatic hydroxyl groups excluding tert-OH is 7. The van der Waals surface area contributed by atoms with Gasteiger partial charge in [0.25, 0.3) is 0 Å². The van der Waals surface area contributed by atoms with Crippen LogP contribution in [0.1, 0.15) is 104 Å². The Morgan fingerprint density at radius 3 is 1.44 bits per heavy atom. The fourth-order valence-electron chi connectivity index (χ4n) is 6.45. The molecule has 2 aliphatic rings. The number of esters is 2. The van der Waals surface area contributed by atoms with Crippen LogP contribution in [0.4, 0.5) is 0 Å². The van der Waals surface area contributed by atoms with E-state index in [1.807, 2.05) is 18.2 Å². The van der Waals surface area contributed by atoms with Crippen LogP contribution in [0.15, 0.2) is 109 Å². The summed E-state index contributed by atoms with van der Waals surface area (Å²) in [4.78, 5) is 25.6. The van der Waals surface area contributed by atoms with Crippen LogP contribution in [-0.2, 0) is 38.0 Å². The predicted octanol–water partition coefficient (Wildman–Crippen LogP) is 5.59. The molecule has 0 spiro atoms. The van der Waals surface area contributed by atoms with Gasteiger partial charge in [-0.05, 0) is 77.0 Å². The summed E-state index contributed by atoms with van der Waals surface area (Å²) in [5.74, 6) is -1.14. The first kappa shape index (κ1) is 58.3. The molecule has 2 rings (SSSR count). The number of hydrogen-bond acceptors (Lipinski definition) is 15.